The van der Waals surface area contributed by atoms with E-state index in [1.807, 2.05) is 26.8 Å². The van der Waals surface area contributed by atoms with Crippen LogP contribution < -0.4 is 16.0 Å². The maximum atomic E-state index is 13.5. The first-order valence-corrected chi connectivity index (χ1v) is 8.64. The van der Waals surface area contributed by atoms with Gasteiger partial charge in [-0.2, -0.15) is 5.26 Å². The van der Waals surface area contributed by atoms with Crippen LogP contribution in [-0.2, 0) is 0 Å². The van der Waals surface area contributed by atoms with Crippen molar-refractivity contribution in [2.45, 2.75) is 26.8 Å². The minimum Gasteiger partial charge on any atom is -0.382 e. The first-order chi connectivity index (χ1) is 11.9. The van der Waals surface area contributed by atoms with Crippen molar-refractivity contribution in [3.05, 3.63) is 45.2 Å². The van der Waals surface area contributed by atoms with Crippen LogP contribution in [0.5, 0.6) is 0 Å². The van der Waals surface area contributed by atoms with Gasteiger partial charge in [-0.3, -0.25) is 0 Å². The molecule has 1 atom stereocenters. The molecule has 0 fully saturated rings. The third-order valence-electron chi connectivity index (χ3n) is 3.53. The number of nitriles is 1. The average molecular weight is 361 g/mol. The maximum Gasteiger partial charge on any atom is 0.315 e. The van der Waals surface area contributed by atoms with E-state index in [2.05, 4.69) is 20.9 Å². The number of nitrogens with one attached hydrogen (secondary N) is 3. The topological polar surface area (TPSA) is 89.8 Å². The standard InChI is InChI=1S/C17H20FN5OS/c1-10-16(25-12(3)22-10)11(2)23-17(24)21-8-7-20-15-6-4-5-14(18)13(15)9-19/h4-6,11,20H,7-8H2,1-3H3,(H2,21,23,24)/t11-/m0/s1. The smallest absolute Gasteiger partial charge is 0.315 e. The number of halogens is 1. The van der Waals surface area contributed by atoms with E-state index in [0.717, 1.165) is 15.6 Å². The van der Waals surface area contributed by atoms with E-state index in [1.54, 1.807) is 17.4 Å². The van der Waals surface area contributed by atoms with Gasteiger partial charge in [-0.15, -0.1) is 11.3 Å². The summed E-state index contributed by atoms with van der Waals surface area (Å²) >= 11 is 1.56. The zero-order valence-electron chi connectivity index (χ0n) is 14.3. The highest BCUT2D eigenvalue weighted by molar-refractivity contribution is 7.11. The minimum absolute atomic E-state index is 0.0309. The summed E-state index contributed by atoms with van der Waals surface area (Å²) in [7, 11) is 0. The van der Waals surface area contributed by atoms with Crippen LogP contribution in [0.25, 0.3) is 0 Å². The number of hydrogen-bond donors (Lipinski definition) is 3. The van der Waals surface area contributed by atoms with Crippen molar-refractivity contribution in [2.24, 2.45) is 0 Å². The van der Waals surface area contributed by atoms with Crippen molar-refractivity contribution in [2.75, 3.05) is 18.4 Å². The van der Waals surface area contributed by atoms with Gasteiger partial charge in [-0.1, -0.05) is 6.07 Å². The Hall–Kier alpha value is -2.66. The number of urea groups is 1. The number of aromatic nitrogens is 1. The predicted molar refractivity (Wildman–Crippen MR) is 96.1 cm³/mol. The van der Waals surface area contributed by atoms with Crippen LogP contribution in [0.2, 0.25) is 0 Å². The van der Waals surface area contributed by atoms with Gasteiger partial charge in [0.1, 0.15) is 17.4 Å². The van der Waals surface area contributed by atoms with E-state index < -0.39 is 5.82 Å². The summed E-state index contributed by atoms with van der Waals surface area (Å²) in [5, 5.41) is 18.5. The van der Waals surface area contributed by atoms with E-state index >= 15 is 0 Å². The molecule has 1 aromatic carbocycles. The number of anilines is 1. The normalized spacial score (nSPS) is 11.5. The quantitative estimate of drug-likeness (QED) is 0.689. The predicted octanol–water partition coefficient (Wildman–Crippen LogP) is 3.24. The van der Waals surface area contributed by atoms with E-state index in [-0.39, 0.29) is 17.6 Å². The van der Waals surface area contributed by atoms with Crippen LogP contribution in [0.15, 0.2) is 18.2 Å². The molecule has 25 heavy (non-hydrogen) atoms. The number of nitrogens with zero attached hydrogens (tertiary/aromatic N) is 2. The highest BCUT2D eigenvalue weighted by Crippen LogP contribution is 2.24. The maximum absolute atomic E-state index is 13.5. The highest BCUT2D eigenvalue weighted by Gasteiger charge is 2.15. The molecule has 3 N–H and O–H groups in total. The molecule has 1 aromatic heterocycles. The summed E-state index contributed by atoms with van der Waals surface area (Å²) < 4.78 is 13.5. The van der Waals surface area contributed by atoms with Crippen molar-refractivity contribution >= 4 is 23.1 Å². The van der Waals surface area contributed by atoms with Gasteiger partial charge in [-0.25, -0.2) is 14.2 Å². The van der Waals surface area contributed by atoms with Crippen molar-refractivity contribution in [3.8, 4) is 6.07 Å². The molecule has 0 saturated heterocycles. The van der Waals surface area contributed by atoms with Crippen LogP contribution in [-0.4, -0.2) is 24.1 Å². The Bertz CT molecular complexity index is 799. The van der Waals surface area contributed by atoms with Crippen molar-refractivity contribution < 1.29 is 9.18 Å². The number of thiazole rings is 1. The first-order valence-electron chi connectivity index (χ1n) is 7.83. The van der Waals surface area contributed by atoms with Crippen molar-refractivity contribution in [1.29, 1.82) is 5.26 Å². The van der Waals surface area contributed by atoms with Gasteiger partial charge in [0, 0.05) is 18.0 Å². The Morgan fingerprint density at radius 3 is 2.80 bits per heavy atom. The van der Waals surface area contributed by atoms with Crippen LogP contribution in [0.3, 0.4) is 0 Å². The fourth-order valence-electron chi connectivity index (χ4n) is 2.42. The summed E-state index contributed by atoms with van der Waals surface area (Å²) in [6, 6.07) is 5.79. The molecule has 6 nitrogen and oxygen atoms in total. The molecule has 0 unspecified atom stereocenters. The molecule has 132 valence electrons. The molecule has 0 aliphatic carbocycles. The Morgan fingerprint density at radius 2 is 2.16 bits per heavy atom. The number of aryl methyl sites for hydroxylation is 2. The molecule has 2 rings (SSSR count). The van der Waals surface area contributed by atoms with Crippen LogP contribution in [0.4, 0.5) is 14.9 Å². The second-order valence-corrected chi connectivity index (χ2v) is 6.74. The molecule has 0 aliphatic heterocycles. The summed E-state index contributed by atoms with van der Waals surface area (Å²) in [5.74, 6) is -0.567. The number of amides is 2. The molecule has 2 amide bonds. The molecule has 8 heteroatoms. The van der Waals surface area contributed by atoms with Gasteiger partial charge in [-0.05, 0) is 32.9 Å². The van der Waals surface area contributed by atoms with Gasteiger partial charge >= 0.3 is 6.03 Å². The zero-order valence-corrected chi connectivity index (χ0v) is 15.1. The number of rotatable bonds is 6. The molecule has 0 saturated carbocycles. The second kappa shape index (κ2) is 8.44. The van der Waals surface area contributed by atoms with Gasteiger partial charge < -0.3 is 16.0 Å². The Morgan fingerprint density at radius 1 is 1.40 bits per heavy atom. The SMILES string of the molecule is Cc1nc(C)c([C@H](C)NC(=O)NCCNc2cccc(F)c2C#N)s1. The molecule has 1 heterocycles. The minimum atomic E-state index is -0.567. The zero-order chi connectivity index (χ0) is 18.4. The van der Waals surface area contributed by atoms with Crippen LogP contribution >= 0.6 is 11.3 Å². The molecule has 0 bridgehead atoms. The third-order valence-corrected chi connectivity index (χ3v) is 4.79. The number of carbonyl (C=O) groups excluding carboxylic acids is 1. The van der Waals surface area contributed by atoms with Crippen LogP contribution in [0, 0.1) is 31.0 Å². The molecular formula is C17H20FN5OS. The lowest BCUT2D eigenvalue weighted by Crippen LogP contribution is -2.39. The van der Waals surface area contributed by atoms with Gasteiger partial charge in [0.25, 0.3) is 0 Å². The fraction of sp³-hybridized carbons (Fsp3) is 0.353. The lowest BCUT2D eigenvalue weighted by atomic mass is 10.2. The average Bonchev–Trinajstić information content (AvgIpc) is 2.90. The summed E-state index contributed by atoms with van der Waals surface area (Å²) in [6.45, 7) is 6.47. The summed E-state index contributed by atoms with van der Waals surface area (Å²) in [4.78, 5) is 17.3. The van der Waals surface area contributed by atoms with Crippen molar-refractivity contribution in [1.82, 2.24) is 15.6 Å². The first kappa shape index (κ1) is 18.7. The summed E-state index contributed by atoms with van der Waals surface area (Å²) in [5.41, 5.74) is 1.30. The molecule has 0 aliphatic rings. The number of carbonyl (C=O) groups is 1. The molecule has 2 aromatic rings. The third kappa shape index (κ3) is 4.90. The Balaban J connectivity index is 1.79. The largest absolute Gasteiger partial charge is 0.382 e. The Labute approximate surface area is 150 Å². The van der Waals surface area contributed by atoms with E-state index in [9.17, 15) is 9.18 Å². The van der Waals surface area contributed by atoms with Crippen molar-refractivity contribution in [3.63, 3.8) is 0 Å². The lowest BCUT2D eigenvalue weighted by Gasteiger charge is -2.14. The molecule has 0 radical (unpaired) electrons. The summed E-state index contributed by atoms with van der Waals surface area (Å²) in [6.07, 6.45) is 0. The monoisotopic (exact) mass is 361 g/mol. The molecular weight excluding hydrogens is 341 g/mol. The Kier molecular flexibility index (Phi) is 6.31. The van der Waals surface area contributed by atoms with Crippen LogP contribution in [0.1, 0.15) is 34.1 Å². The molecule has 0 spiro atoms. The van der Waals surface area contributed by atoms with Gasteiger partial charge in [0.2, 0.25) is 0 Å². The van der Waals surface area contributed by atoms with E-state index in [1.165, 1.54) is 12.1 Å². The second-order valence-electron chi connectivity index (χ2n) is 5.51. The van der Waals surface area contributed by atoms with Gasteiger partial charge in [0.05, 0.1) is 22.4 Å². The lowest BCUT2D eigenvalue weighted by molar-refractivity contribution is 0.238. The number of benzene rings is 1. The highest BCUT2D eigenvalue weighted by atomic mass is 32.1. The fourth-order valence-corrected chi connectivity index (χ4v) is 3.35. The number of hydrogen-bond acceptors (Lipinski definition) is 5. The van der Waals surface area contributed by atoms with E-state index in [0.29, 0.717) is 18.8 Å². The van der Waals surface area contributed by atoms with Gasteiger partial charge in [0.15, 0.2) is 0 Å². The van der Waals surface area contributed by atoms with E-state index in [4.69, 9.17) is 5.26 Å².